The molecule has 0 aromatic heterocycles. The van der Waals surface area contributed by atoms with Crippen LogP contribution in [0.1, 0.15) is 12.5 Å². The van der Waals surface area contributed by atoms with Crippen LogP contribution in [0.25, 0.3) is 0 Å². The molecule has 22 heavy (non-hydrogen) atoms. The summed E-state index contributed by atoms with van der Waals surface area (Å²) in [5.41, 5.74) is 1.16. The lowest BCUT2D eigenvalue weighted by Gasteiger charge is -2.15. The highest BCUT2D eigenvalue weighted by Crippen LogP contribution is 2.18. The van der Waals surface area contributed by atoms with Gasteiger partial charge in [0.25, 0.3) is 5.91 Å². The van der Waals surface area contributed by atoms with Crippen LogP contribution >= 0.6 is 0 Å². The van der Waals surface area contributed by atoms with Crippen LogP contribution < -0.4 is 14.8 Å². The molecule has 0 spiro atoms. The summed E-state index contributed by atoms with van der Waals surface area (Å²) in [6, 6.07) is 15.7. The number of nitrogens with one attached hydrogen (secondary N) is 1. The number of hydrogen-bond donors (Lipinski definition) is 1. The van der Waals surface area contributed by atoms with Gasteiger partial charge in [-0.1, -0.05) is 0 Å². The van der Waals surface area contributed by atoms with Gasteiger partial charge in [-0.25, -0.2) is 0 Å². The molecule has 0 aliphatic heterocycles. The maximum absolute atomic E-state index is 12.1. The van der Waals surface area contributed by atoms with Gasteiger partial charge in [-0.3, -0.25) is 4.79 Å². The number of carbonyl (C=O) groups excluding carboxylic acids is 1. The Bertz CT molecular complexity index is 673. The number of anilines is 1. The number of nitrogens with zero attached hydrogens (tertiary/aromatic N) is 1. The molecule has 0 radical (unpaired) electrons. The highest BCUT2D eigenvalue weighted by molar-refractivity contribution is 5.94. The van der Waals surface area contributed by atoms with Gasteiger partial charge in [0.1, 0.15) is 11.5 Å². The molecule has 0 aliphatic rings. The number of carbonyl (C=O) groups is 1. The Kier molecular flexibility index (Phi) is 4.99. The maximum atomic E-state index is 12.1. The second-order valence-corrected chi connectivity index (χ2v) is 4.61. The van der Waals surface area contributed by atoms with Crippen LogP contribution in [0, 0.1) is 11.3 Å². The van der Waals surface area contributed by atoms with Crippen molar-refractivity contribution in [1.29, 1.82) is 5.26 Å². The van der Waals surface area contributed by atoms with Gasteiger partial charge >= 0.3 is 0 Å². The fourth-order valence-corrected chi connectivity index (χ4v) is 1.78. The highest BCUT2D eigenvalue weighted by atomic mass is 16.5. The lowest BCUT2D eigenvalue weighted by Crippen LogP contribution is -2.30. The first-order valence-corrected chi connectivity index (χ1v) is 6.74. The van der Waals surface area contributed by atoms with Gasteiger partial charge in [-0.15, -0.1) is 0 Å². The van der Waals surface area contributed by atoms with E-state index in [-0.39, 0.29) is 5.91 Å². The second-order valence-electron chi connectivity index (χ2n) is 4.61. The average molecular weight is 296 g/mol. The zero-order valence-electron chi connectivity index (χ0n) is 12.4. The number of hydrogen-bond acceptors (Lipinski definition) is 4. The van der Waals surface area contributed by atoms with E-state index in [9.17, 15) is 4.79 Å². The predicted octanol–water partition coefficient (Wildman–Crippen LogP) is 2.97. The standard InChI is InChI=1S/C17H16N2O3/c1-12(22-16-9-7-15(21-2)8-10-16)17(20)19-14-5-3-13(11-18)4-6-14/h3-10,12H,1-2H3,(H,19,20)/t12-/m0/s1. The van der Waals surface area contributed by atoms with Gasteiger partial charge in [0, 0.05) is 5.69 Å². The molecule has 0 bridgehead atoms. The van der Waals surface area contributed by atoms with Crippen LogP contribution in [0.15, 0.2) is 48.5 Å². The largest absolute Gasteiger partial charge is 0.497 e. The van der Waals surface area contributed by atoms with Crippen molar-refractivity contribution >= 4 is 11.6 Å². The molecular formula is C17H16N2O3. The van der Waals surface area contributed by atoms with Crippen molar-refractivity contribution in [3.63, 3.8) is 0 Å². The first-order chi connectivity index (χ1) is 10.6. The molecule has 0 saturated heterocycles. The molecule has 2 rings (SSSR count). The first kappa shape index (κ1) is 15.4. The van der Waals surface area contributed by atoms with Gasteiger partial charge in [0.15, 0.2) is 6.10 Å². The van der Waals surface area contributed by atoms with Crippen molar-refractivity contribution in [2.45, 2.75) is 13.0 Å². The molecule has 1 N–H and O–H groups in total. The molecule has 0 unspecified atom stereocenters. The normalized spacial score (nSPS) is 11.1. The fourth-order valence-electron chi connectivity index (χ4n) is 1.78. The molecular weight excluding hydrogens is 280 g/mol. The van der Waals surface area contributed by atoms with Gasteiger partial charge < -0.3 is 14.8 Å². The third-order valence-electron chi connectivity index (χ3n) is 3.02. The van der Waals surface area contributed by atoms with Crippen molar-refractivity contribution < 1.29 is 14.3 Å². The molecule has 0 saturated carbocycles. The number of ether oxygens (including phenoxy) is 2. The van der Waals surface area contributed by atoms with Gasteiger partial charge in [-0.05, 0) is 55.5 Å². The minimum Gasteiger partial charge on any atom is -0.497 e. The Hall–Kier alpha value is -3.00. The Morgan fingerprint density at radius 3 is 2.23 bits per heavy atom. The van der Waals surface area contributed by atoms with E-state index in [1.165, 1.54) is 0 Å². The van der Waals surface area contributed by atoms with Crippen molar-refractivity contribution in [2.24, 2.45) is 0 Å². The van der Waals surface area contributed by atoms with Crippen molar-refractivity contribution in [1.82, 2.24) is 0 Å². The van der Waals surface area contributed by atoms with Crippen LogP contribution in [0.3, 0.4) is 0 Å². The van der Waals surface area contributed by atoms with Crippen LogP contribution in [-0.4, -0.2) is 19.1 Å². The lowest BCUT2D eigenvalue weighted by molar-refractivity contribution is -0.122. The summed E-state index contributed by atoms with van der Waals surface area (Å²) < 4.78 is 10.6. The summed E-state index contributed by atoms with van der Waals surface area (Å²) in [6.07, 6.45) is -0.649. The maximum Gasteiger partial charge on any atom is 0.265 e. The summed E-state index contributed by atoms with van der Waals surface area (Å²) in [5, 5.41) is 11.5. The molecule has 112 valence electrons. The van der Waals surface area contributed by atoms with Crippen molar-refractivity contribution in [3.8, 4) is 17.6 Å². The summed E-state index contributed by atoms with van der Waals surface area (Å²) >= 11 is 0. The minimum atomic E-state index is -0.649. The van der Waals surface area contributed by atoms with Gasteiger partial charge in [0.2, 0.25) is 0 Å². The third kappa shape index (κ3) is 4.00. The Labute approximate surface area is 129 Å². The molecule has 0 fully saturated rings. The van der Waals surface area contributed by atoms with Gasteiger partial charge in [-0.2, -0.15) is 5.26 Å². The Morgan fingerprint density at radius 1 is 1.09 bits per heavy atom. The lowest BCUT2D eigenvalue weighted by atomic mass is 10.2. The zero-order chi connectivity index (χ0) is 15.9. The molecule has 2 aromatic rings. The zero-order valence-corrected chi connectivity index (χ0v) is 12.4. The molecule has 1 atom stereocenters. The fraction of sp³-hybridized carbons (Fsp3) is 0.176. The van der Waals surface area contributed by atoms with Crippen molar-refractivity contribution in [3.05, 3.63) is 54.1 Å². The molecule has 5 nitrogen and oxygen atoms in total. The van der Waals surface area contributed by atoms with Crippen LogP contribution in [-0.2, 0) is 4.79 Å². The topological polar surface area (TPSA) is 71.3 Å². The molecule has 2 aromatic carbocycles. The van der Waals surface area contributed by atoms with E-state index in [0.717, 1.165) is 5.75 Å². The Balaban J connectivity index is 1.94. The monoisotopic (exact) mass is 296 g/mol. The number of benzene rings is 2. The summed E-state index contributed by atoms with van der Waals surface area (Å²) in [5.74, 6) is 1.05. The number of rotatable bonds is 5. The molecule has 0 aliphatic carbocycles. The predicted molar refractivity (Wildman–Crippen MR) is 82.9 cm³/mol. The molecule has 5 heteroatoms. The summed E-state index contributed by atoms with van der Waals surface area (Å²) in [6.45, 7) is 1.67. The van der Waals surface area contributed by atoms with E-state index in [2.05, 4.69) is 5.32 Å². The third-order valence-corrected chi connectivity index (χ3v) is 3.02. The van der Waals surface area contributed by atoms with E-state index < -0.39 is 6.10 Å². The highest BCUT2D eigenvalue weighted by Gasteiger charge is 2.14. The van der Waals surface area contributed by atoms with E-state index in [0.29, 0.717) is 17.0 Å². The van der Waals surface area contributed by atoms with Crippen molar-refractivity contribution in [2.75, 3.05) is 12.4 Å². The first-order valence-electron chi connectivity index (χ1n) is 6.74. The second kappa shape index (κ2) is 7.14. The van der Waals surface area contributed by atoms with Crippen LogP contribution in [0.2, 0.25) is 0 Å². The molecule has 0 heterocycles. The summed E-state index contributed by atoms with van der Waals surface area (Å²) in [4.78, 5) is 12.1. The van der Waals surface area contributed by atoms with E-state index in [1.807, 2.05) is 6.07 Å². The number of methoxy groups -OCH3 is 1. The van der Waals surface area contributed by atoms with Crippen LogP contribution in [0.4, 0.5) is 5.69 Å². The number of nitriles is 1. The van der Waals surface area contributed by atoms with Gasteiger partial charge in [0.05, 0.1) is 18.7 Å². The SMILES string of the molecule is COc1ccc(O[C@@H](C)C(=O)Nc2ccc(C#N)cc2)cc1. The minimum absolute atomic E-state index is 0.263. The molecule has 1 amide bonds. The summed E-state index contributed by atoms with van der Waals surface area (Å²) in [7, 11) is 1.59. The quantitative estimate of drug-likeness (QED) is 0.920. The van der Waals surface area contributed by atoms with Crippen LogP contribution in [0.5, 0.6) is 11.5 Å². The van der Waals surface area contributed by atoms with E-state index in [4.69, 9.17) is 14.7 Å². The number of amides is 1. The average Bonchev–Trinajstić information content (AvgIpc) is 2.56. The smallest absolute Gasteiger partial charge is 0.265 e. The van der Waals surface area contributed by atoms with E-state index >= 15 is 0 Å². The van der Waals surface area contributed by atoms with E-state index in [1.54, 1.807) is 62.6 Å². The Morgan fingerprint density at radius 2 is 1.68 bits per heavy atom.